The molecule has 0 aromatic carbocycles. The highest BCUT2D eigenvalue weighted by atomic mass is 31.2. The minimum Gasteiger partial charge on any atom is -0.462 e. The number of esters is 2. The average Bonchev–Trinajstić information content (AvgIpc) is 3.10. The third-order valence-electron chi connectivity index (χ3n) is 8.88. The van der Waals surface area contributed by atoms with Gasteiger partial charge in [0.1, 0.15) is 6.61 Å². The van der Waals surface area contributed by atoms with E-state index in [9.17, 15) is 14.2 Å². The van der Waals surface area contributed by atoms with Crippen LogP contribution in [0.25, 0.3) is 0 Å². The van der Waals surface area contributed by atoms with Gasteiger partial charge in [0.25, 0.3) is 0 Å². The van der Waals surface area contributed by atoms with Crippen molar-refractivity contribution in [3.63, 3.8) is 0 Å². The summed E-state index contributed by atoms with van der Waals surface area (Å²) in [5, 5.41) is 0. The number of rotatable bonds is 38. The number of carbonyl (C=O) groups excluding carboxylic acids is 2. The Morgan fingerprint density at radius 1 is 0.510 bits per heavy atom. The molecule has 1 atom stereocenters. The second-order valence-electron chi connectivity index (χ2n) is 14.0. The van der Waals surface area contributed by atoms with E-state index in [1.54, 1.807) is 0 Å². The first kappa shape index (κ1) is 49.3. The number of hydrogen-bond acceptors (Lipinski definition) is 6. The maximum atomic E-state index is 12.4. The lowest BCUT2D eigenvalue weighted by atomic mass is 10.1. The van der Waals surface area contributed by atoms with Crippen LogP contribution in [0.2, 0.25) is 0 Å². The molecule has 0 aromatic rings. The number of ether oxygens (including phenoxy) is 2. The Morgan fingerprint density at radius 3 is 1.35 bits per heavy atom. The Bertz CT molecular complexity index is 926. The van der Waals surface area contributed by atoms with Crippen LogP contribution < -0.4 is 0 Å². The Hall–Kier alpha value is -1.73. The van der Waals surface area contributed by atoms with Crippen LogP contribution in [0.4, 0.5) is 0 Å². The molecule has 0 aliphatic carbocycles. The van der Waals surface area contributed by atoms with Crippen LogP contribution in [0.3, 0.4) is 0 Å². The summed E-state index contributed by atoms with van der Waals surface area (Å²) in [7, 11) is -4.75. The molecule has 0 aliphatic rings. The van der Waals surface area contributed by atoms with Gasteiger partial charge >= 0.3 is 19.8 Å². The molecular formula is C42H77O8P. The monoisotopic (exact) mass is 741 g/mol. The largest absolute Gasteiger partial charge is 0.469 e. The molecule has 8 nitrogen and oxygen atoms in total. The summed E-state index contributed by atoms with van der Waals surface area (Å²) in [5.74, 6) is -0.897. The van der Waals surface area contributed by atoms with E-state index in [0.717, 1.165) is 64.2 Å². The molecule has 298 valence electrons. The topological polar surface area (TPSA) is 119 Å². The van der Waals surface area contributed by atoms with Gasteiger partial charge in [0.15, 0.2) is 6.10 Å². The summed E-state index contributed by atoms with van der Waals surface area (Å²) < 4.78 is 26.4. The van der Waals surface area contributed by atoms with Crippen molar-refractivity contribution >= 4 is 19.8 Å². The predicted molar refractivity (Wildman–Crippen MR) is 211 cm³/mol. The van der Waals surface area contributed by atoms with Gasteiger partial charge in [-0.25, -0.2) is 4.57 Å². The van der Waals surface area contributed by atoms with E-state index in [-0.39, 0.29) is 19.4 Å². The second-order valence-corrected chi connectivity index (χ2v) is 15.2. The zero-order valence-corrected chi connectivity index (χ0v) is 33.6. The molecule has 0 aromatic heterocycles. The van der Waals surface area contributed by atoms with Gasteiger partial charge in [-0.2, -0.15) is 0 Å². The molecule has 0 unspecified atom stereocenters. The van der Waals surface area contributed by atoms with E-state index < -0.39 is 32.5 Å². The average molecular weight is 741 g/mol. The number of hydrogen-bond donors (Lipinski definition) is 2. The lowest BCUT2D eigenvalue weighted by molar-refractivity contribution is -0.161. The van der Waals surface area contributed by atoms with Crippen molar-refractivity contribution in [2.75, 3.05) is 13.2 Å². The van der Waals surface area contributed by atoms with Crippen LogP contribution in [0, 0.1) is 0 Å². The first-order valence-electron chi connectivity index (χ1n) is 20.8. The molecule has 0 saturated heterocycles. The highest BCUT2D eigenvalue weighted by Crippen LogP contribution is 2.36. The van der Waals surface area contributed by atoms with Crippen molar-refractivity contribution in [2.45, 2.75) is 206 Å². The summed E-state index contributed by atoms with van der Waals surface area (Å²) in [4.78, 5) is 42.8. The van der Waals surface area contributed by atoms with Crippen molar-refractivity contribution in [1.29, 1.82) is 0 Å². The first-order valence-corrected chi connectivity index (χ1v) is 22.3. The van der Waals surface area contributed by atoms with E-state index in [1.165, 1.54) is 96.3 Å². The molecule has 2 N–H and O–H groups in total. The minimum absolute atomic E-state index is 0.206. The molecule has 0 aliphatic heterocycles. The summed E-state index contributed by atoms with van der Waals surface area (Å²) in [5.41, 5.74) is 0. The van der Waals surface area contributed by atoms with Crippen molar-refractivity contribution in [3.05, 3.63) is 36.5 Å². The van der Waals surface area contributed by atoms with Crippen LogP contribution >= 0.6 is 7.82 Å². The van der Waals surface area contributed by atoms with Gasteiger partial charge in [-0.05, 0) is 70.6 Å². The fourth-order valence-corrected chi connectivity index (χ4v) is 6.11. The predicted octanol–water partition coefficient (Wildman–Crippen LogP) is 12.6. The minimum atomic E-state index is -4.75. The summed E-state index contributed by atoms with van der Waals surface area (Å²) in [6, 6.07) is 0. The molecule has 0 bridgehead atoms. The Balaban J connectivity index is 3.92. The van der Waals surface area contributed by atoms with Crippen molar-refractivity contribution in [1.82, 2.24) is 0 Å². The third-order valence-corrected chi connectivity index (χ3v) is 9.37. The van der Waals surface area contributed by atoms with Gasteiger partial charge in [-0.1, -0.05) is 153 Å². The molecule has 0 heterocycles. The van der Waals surface area contributed by atoms with Gasteiger partial charge in [-0.3, -0.25) is 14.1 Å². The standard InChI is InChI=1S/C42H77O8P/c1-3-5-7-9-11-13-15-17-19-20-21-22-23-25-27-29-31-33-35-37-42(44)50-40(39-49-51(45,46)47)38-48-41(43)36-34-32-30-28-26-24-18-16-14-12-10-8-6-4-2/h11,13,16-19,40H,3-10,12,14-15,20-39H2,1-2H3,(H2,45,46,47)/b13-11-,18-16-,19-17-/t40-/m1/s1. The Labute approximate surface area is 312 Å². The second kappa shape index (κ2) is 38.0. The molecule has 51 heavy (non-hydrogen) atoms. The van der Waals surface area contributed by atoms with Crippen LogP contribution in [-0.2, 0) is 28.2 Å². The van der Waals surface area contributed by atoms with E-state index in [4.69, 9.17) is 19.3 Å². The van der Waals surface area contributed by atoms with Gasteiger partial charge < -0.3 is 19.3 Å². The van der Waals surface area contributed by atoms with Crippen LogP contribution in [0.1, 0.15) is 200 Å². The van der Waals surface area contributed by atoms with Crippen molar-refractivity contribution in [3.8, 4) is 0 Å². The molecule has 0 spiro atoms. The van der Waals surface area contributed by atoms with E-state index >= 15 is 0 Å². The molecule has 0 saturated carbocycles. The van der Waals surface area contributed by atoms with E-state index in [2.05, 4.69) is 54.8 Å². The van der Waals surface area contributed by atoms with E-state index in [0.29, 0.717) is 12.8 Å². The van der Waals surface area contributed by atoms with Crippen molar-refractivity contribution < 1.29 is 37.9 Å². The lowest BCUT2D eigenvalue weighted by Gasteiger charge is -2.18. The smallest absolute Gasteiger partial charge is 0.462 e. The molecular weight excluding hydrogens is 663 g/mol. The zero-order chi connectivity index (χ0) is 37.5. The number of unbranched alkanes of at least 4 members (excludes halogenated alkanes) is 22. The third kappa shape index (κ3) is 40.9. The highest BCUT2D eigenvalue weighted by Gasteiger charge is 2.22. The number of phosphoric acid groups is 1. The maximum Gasteiger partial charge on any atom is 0.469 e. The van der Waals surface area contributed by atoms with Gasteiger partial charge in [0.2, 0.25) is 0 Å². The first-order chi connectivity index (χ1) is 24.8. The molecule has 9 heteroatoms. The molecule has 0 radical (unpaired) electrons. The van der Waals surface area contributed by atoms with Gasteiger partial charge in [0.05, 0.1) is 6.61 Å². The maximum absolute atomic E-state index is 12.4. The fraction of sp³-hybridized carbons (Fsp3) is 0.810. The summed E-state index contributed by atoms with van der Waals surface area (Å²) in [6.07, 6.45) is 44.3. The quantitative estimate of drug-likeness (QED) is 0.0278. The molecule has 0 rings (SSSR count). The van der Waals surface area contributed by atoms with Gasteiger partial charge in [0, 0.05) is 12.8 Å². The van der Waals surface area contributed by atoms with Crippen LogP contribution in [0.5, 0.6) is 0 Å². The number of carbonyl (C=O) groups is 2. The van der Waals surface area contributed by atoms with E-state index in [1.807, 2.05) is 0 Å². The van der Waals surface area contributed by atoms with Crippen LogP contribution in [-0.4, -0.2) is 41.0 Å². The summed E-state index contributed by atoms with van der Waals surface area (Å²) >= 11 is 0. The molecule has 0 fully saturated rings. The normalized spacial score (nSPS) is 12.8. The fourth-order valence-electron chi connectivity index (χ4n) is 5.75. The lowest BCUT2D eigenvalue weighted by Crippen LogP contribution is -2.29. The Morgan fingerprint density at radius 2 is 0.882 bits per heavy atom. The summed E-state index contributed by atoms with van der Waals surface area (Å²) in [6.45, 7) is 3.64. The van der Waals surface area contributed by atoms with Gasteiger partial charge in [-0.15, -0.1) is 0 Å². The zero-order valence-electron chi connectivity index (χ0n) is 32.8. The molecule has 0 amide bonds. The van der Waals surface area contributed by atoms with Crippen LogP contribution in [0.15, 0.2) is 36.5 Å². The SMILES string of the molecule is CCCCC/C=C\C/C=C\CCCCCCCCCCCC(=O)O[C@H](COC(=O)CCCCCCC/C=C\CCCCCCC)COP(=O)(O)O. The van der Waals surface area contributed by atoms with Crippen molar-refractivity contribution in [2.24, 2.45) is 0 Å². The number of allylic oxidation sites excluding steroid dienone is 6. The number of phosphoric ester groups is 1. The Kier molecular flexibility index (Phi) is 36.7. The highest BCUT2D eigenvalue weighted by molar-refractivity contribution is 7.46.